The highest BCUT2D eigenvalue weighted by Gasteiger charge is 2.21. The van der Waals surface area contributed by atoms with Gasteiger partial charge >= 0.3 is 11.9 Å². The first kappa shape index (κ1) is 30.2. The molecule has 3 rings (SSSR count). The molecule has 2 N–H and O–H groups in total. The van der Waals surface area contributed by atoms with Gasteiger partial charge in [0, 0.05) is 13.8 Å². The number of halogens is 1. The van der Waals surface area contributed by atoms with Gasteiger partial charge in [-0.25, -0.2) is 0 Å². The number of hydrogen-bond acceptors (Lipinski definition) is 9. The molecular weight excluding hydrogens is 554 g/mol. The van der Waals surface area contributed by atoms with Crippen LogP contribution in [0.4, 0.5) is 11.4 Å². The first-order valence-electron chi connectivity index (χ1n) is 11.9. The average molecular weight is 576 g/mol. The number of nitrogens with one attached hydrogen (secondary N) is 2. The minimum atomic E-state index is -0.792. The average Bonchev–Trinajstić information content (AvgIpc) is 2.90. The van der Waals surface area contributed by atoms with E-state index in [0.29, 0.717) is 0 Å². The number of hydrogen-bond donors (Lipinski definition) is 2. The molecule has 0 radical (unpaired) electrons. The molecule has 12 heteroatoms. The zero-order chi connectivity index (χ0) is 30.1. The van der Waals surface area contributed by atoms with Crippen molar-refractivity contribution < 1.29 is 38.2 Å². The van der Waals surface area contributed by atoms with Crippen molar-refractivity contribution >= 4 is 58.3 Å². The summed E-state index contributed by atoms with van der Waals surface area (Å²) >= 11 is 6.37. The molecule has 0 aromatic heterocycles. The predicted octanol–water partition coefficient (Wildman–Crippen LogP) is 4.49. The van der Waals surface area contributed by atoms with Gasteiger partial charge in [0.25, 0.3) is 0 Å². The molecule has 0 unspecified atom stereocenters. The first-order valence-corrected chi connectivity index (χ1v) is 12.3. The third-order valence-electron chi connectivity index (χ3n) is 5.27. The summed E-state index contributed by atoms with van der Waals surface area (Å²) in [4.78, 5) is 73.4. The molecule has 0 atom stereocenters. The van der Waals surface area contributed by atoms with E-state index in [0.717, 1.165) is 0 Å². The lowest BCUT2D eigenvalue weighted by molar-refractivity contribution is -0.132. The zero-order valence-corrected chi connectivity index (χ0v) is 22.5. The van der Waals surface area contributed by atoms with Crippen LogP contribution < -0.4 is 20.1 Å². The summed E-state index contributed by atoms with van der Waals surface area (Å²) in [5, 5.41) is 14.1. The maximum atomic E-state index is 12.7. The molecule has 208 valence electrons. The smallest absolute Gasteiger partial charge is 0.308 e. The zero-order valence-electron chi connectivity index (χ0n) is 21.8. The Labute approximate surface area is 239 Å². The Kier molecular flexibility index (Phi) is 10.0. The van der Waals surface area contributed by atoms with E-state index in [1.807, 2.05) is 6.07 Å². The number of Topliss-reactive ketones (excluding diaryl/α,β-unsaturated/α-hetero) is 2. The number of ketones is 2. The second-order valence-corrected chi connectivity index (χ2v) is 8.85. The fourth-order valence-electron chi connectivity index (χ4n) is 3.62. The SMILES string of the molecule is CC(=O)Oc1ccccc1C(=O)CC(=O)Nc1cc(C#N)cc(NC(=O)CC(=O)c2ccccc2OC(C)=O)c1Cl. The Balaban J connectivity index is 1.74. The lowest BCUT2D eigenvalue weighted by Crippen LogP contribution is -2.19. The molecule has 0 heterocycles. The van der Waals surface area contributed by atoms with Crippen molar-refractivity contribution in [1.29, 1.82) is 5.26 Å². The van der Waals surface area contributed by atoms with Gasteiger partial charge in [0.1, 0.15) is 11.5 Å². The number of esters is 2. The summed E-state index contributed by atoms with van der Waals surface area (Å²) in [5.74, 6) is -4.16. The molecular formula is C29H22ClN3O8. The molecule has 11 nitrogen and oxygen atoms in total. The summed E-state index contributed by atoms with van der Waals surface area (Å²) in [5.41, 5.74) is -0.0967. The van der Waals surface area contributed by atoms with Crippen molar-refractivity contribution in [3.8, 4) is 17.6 Å². The van der Waals surface area contributed by atoms with Crippen LogP contribution in [0.2, 0.25) is 5.02 Å². The van der Waals surface area contributed by atoms with Gasteiger partial charge in [-0.05, 0) is 36.4 Å². The van der Waals surface area contributed by atoms with Gasteiger partial charge in [-0.2, -0.15) is 5.26 Å². The molecule has 0 bridgehead atoms. The van der Waals surface area contributed by atoms with E-state index in [1.54, 1.807) is 24.3 Å². The topological polar surface area (TPSA) is 169 Å². The molecule has 41 heavy (non-hydrogen) atoms. The quantitative estimate of drug-likeness (QED) is 0.153. The van der Waals surface area contributed by atoms with Crippen LogP contribution in [0.15, 0.2) is 60.7 Å². The third-order valence-corrected chi connectivity index (χ3v) is 5.68. The van der Waals surface area contributed by atoms with Crippen molar-refractivity contribution in [2.45, 2.75) is 26.7 Å². The van der Waals surface area contributed by atoms with Crippen LogP contribution in [0.1, 0.15) is 53.0 Å². The first-order chi connectivity index (χ1) is 19.5. The maximum Gasteiger partial charge on any atom is 0.308 e. The monoisotopic (exact) mass is 575 g/mol. The number of ether oxygens (including phenoxy) is 2. The Morgan fingerprint density at radius 3 is 1.49 bits per heavy atom. The van der Waals surface area contributed by atoms with E-state index in [9.17, 15) is 34.0 Å². The van der Waals surface area contributed by atoms with Crippen LogP contribution in [-0.4, -0.2) is 35.3 Å². The van der Waals surface area contributed by atoms with E-state index in [-0.39, 0.29) is 44.6 Å². The highest BCUT2D eigenvalue weighted by molar-refractivity contribution is 6.37. The fraction of sp³-hybridized carbons (Fsp3) is 0.138. The molecule has 0 fully saturated rings. The second kappa shape index (κ2) is 13.6. The van der Waals surface area contributed by atoms with E-state index in [1.165, 1.54) is 50.2 Å². The number of rotatable bonds is 10. The Morgan fingerprint density at radius 1 is 0.732 bits per heavy atom. The van der Waals surface area contributed by atoms with Crippen LogP contribution in [-0.2, 0) is 19.2 Å². The number of para-hydroxylation sites is 2. The number of benzene rings is 3. The maximum absolute atomic E-state index is 12.7. The van der Waals surface area contributed by atoms with Crippen LogP contribution in [0.25, 0.3) is 0 Å². The molecule has 3 aromatic carbocycles. The summed E-state index contributed by atoms with van der Waals surface area (Å²) in [6, 6.07) is 16.2. The van der Waals surface area contributed by atoms with Gasteiger partial charge in [-0.1, -0.05) is 35.9 Å². The lowest BCUT2D eigenvalue weighted by Gasteiger charge is -2.13. The Hall–Kier alpha value is -5.34. The molecule has 3 aromatic rings. The standard InChI is InChI=1S/C29H22ClN3O8/c1-16(34)40-25-9-5-3-7-19(25)23(36)13-27(38)32-21-11-18(15-31)12-22(29(21)30)33-28(39)14-24(37)20-8-4-6-10-26(20)41-17(2)35/h3-12H,13-14H2,1-2H3,(H,32,38)(H,33,39). The highest BCUT2D eigenvalue weighted by Crippen LogP contribution is 2.33. The fourth-order valence-corrected chi connectivity index (χ4v) is 3.83. The van der Waals surface area contributed by atoms with Gasteiger partial charge in [0.05, 0.1) is 52.0 Å². The van der Waals surface area contributed by atoms with E-state index >= 15 is 0 Å². The van der Waals surface area contributed by atoms with Crippen molar-refractivity contribution in [3.05, 3.63) is 82.4 Å². The summed E-state index contributed by atoms with van der Waals surface area (Å²) in [6.07, 6.45) is -1.30. The molecule has 0 aliphatic heterocycles. The van der Waals surface area contributed by atoms with Gasteiger partial charge in [-0.15, -0.1) is 0 Å². The van der Waals surface area contributed by atoms with Gasteiger partial charge in [0.15, 0.2) is 11.6 Å². The molecule has 0 aliphatic rings. The molecule has 0 saturated heterocycles. The van der Waals surface area contributed by atoms with Gasteiger partial charge < -0.3 is 20.1 Å². The number of nitrogens with zero attached hydrogens (tertiary/aromatic N) is 1. The van der Waals surface area contributed by atoms with Crippen LogP contribution in [0, 0.1) is 11.3 Å². The normalized spacial score (nSPS) is 10.1. The number of amides is 2. The summed E-state index contributed by atoms with van der Waals surface area (Å²) in [7, 11) is 0. The van der Waals surface area contributed by atoms with Crippen molar-refractivity contribution in [2.75, 3.05) is 10.6 Å². The van der Waals surface area contributed by atoms with Crippen molar-refractivity contribution in [1.82, 2.24) is 0 Å². The van der Waals surface area contributed by atoms with Crippen LogP contribution in [0.3, 0.4) is 0 Å². The van der Waals surface area contributed by atoms with Gasteiger partial charge in [0.2, 0.25) is 11.8 Å². The van der Waals surface area contributed by atoms with E-state index < -0.39 is 48.2 Å². The van der Waals surface area contributed by atoms with Crippen LogP contribution in [0.5, 0.6) is 11.5 Å². The molecule has 0 aliphatic carbocycles. The number of carbonyl (C=O) groups is 6. The van der Waals surface area contributed by atoms with Gasteiger partial charge in [-0.3, -0.25) is 28.8 Å². The van der Waals surface area contributed by atoms with Crippen LogP contribution >= 0.6 is 11.6 Å². The Morgan fingerprint density at radius 2 is 1.12 bits per heavy atom. The van der Waals surface area contributed by atoms with Crippen molar-refractivity contribution in [2.24, 2.45) is 0 Å². The molecule has 0 saturated carbocycles. The lowest BCUT2D eigenvalue weighted by atomic mass is 10.1. The van der Waals surface area contributed by atoms with Crippen molar-refractivity contribution in [3.63, 3.8) is 0 Å². The minimum absolute atomic E-state index is 0.00247. The molecule has 2 amide bonds. The summed E-state index contributed by atoms with van der Waals surface area (Å²) < 4.78 is 10.0. The third kappa shape index (κ3) is 8.32. The highest BCUT2D eigenvalue weighted by atomic mass is 35.5. The van der Waals surface area contributed by atoms with E-state index in [4.69, 9.17) is 21.1 Å². The largest absolute Gasteiger partial charge is 0.426 e. The Bertz CT molecular complexity index is 1500. The second-order valence-electron chi connectivity index (χ2n) is 8.47. The molecule has 0 spiro atoms. The minimum Gasteiger partial charge on any atom is -0.426 e. The van der Waals surface area contributed by atoms with E-state index in [2.05, 4.69) is 10.6 Å². The number of anilines is 2. The summed E-state index contributed by atoms with van der Waals surface area (Å²) in [6.45, 7) is 2.35. The predicted molar refractivity (Wildman–Crippen MR) is 147 cm³/mol. The number of carbonyl (C=O) groups excluding carboxylic acids is 6. The number of nitriles is 1.